The van der Waals surface area contributed by atoms with Gasteiger partial charge < -0.3 is 25.1 Å². The van der Waals surface area contributed by atoms with E-state index in [0.29, 0.717) is 22.9 Å². The van der Waals surface area contributed by atoms with E-state index in [1.807, 2.05) is 24.3 Å². The van der Waals surface area contributed by atoms with E-state index in [1.54, 1.807) is 36.4 Å². The van der Waals surface area contributed by atoms with Crippen molar-refractivity contribution in [3.05, 3.63) is 107 Å². The second-order valence-electron chi connectivity index (χ2n) is 8.08. The average Bonchev–Trinajstić information content (AvgIpc) is 3.40. The first-order valence-corrected chi connectivity index (χ1v) is 12.2. The largest absolute Gasteiger partial charge is 0.457 e. The van der Waals surface area contributed by atoms with Crippen molar-refractivity contribution in [2.75, 3.05) is 11.9 Å². The van der Waals surface area contributed by atoms with Crippen molar-refractivity contribution >= 4 is 33.4 Å². The Bertz CT molecular complexity index is 1300. The Balaban J connectivity index is 1.37. The van der Waals surface area contributed by atoms with Gasteiger partial charge in [-0.3, -0.25) is 9.59 Å². The first-order chi connectivity index (χ1) is 17.9. The van der Waals surface area contributed by atoms with Crippen LogP contribution in [0.25, 0.3) is 0 Å². The summed E-state index contributed by atoms with van der Waals surface area (Å²) in [5.41, 5.74) is 1.88. The summed E-state index contributed by atoms with van der Waals surface area (Å²) in [7, 11) is 0. The molecule has 3 aromatic carbocycles. The number of nitrogens with zero attached hydrogens (tertiary/aromatic N) is 1. The third-order valence-corrected chi connectivity index (χ3v) is 5.72. The molecule has 0 fully saturated rings. The molecule has 1 atom stereocenters. The predicted octanol–water partition coefficient (Wildman–Crippen LogP) is 4.99. The highest BCUT2D eigenvalue weighted by molar-refractivity contribution is 9.10. The van der Waals surface area contributed by atoms with Crippen molar-refractivity contribution in [3.8, 4) is 11.5 Å². The summed E-state index contributed by atoms with van der Waals surface area (Å²) in [5.74, 6) is 0.123. The molecule has 0 aliphatic carbocycles. The first kappa shape index (κ1) is 26.1. The van der Waals surface area contributed by atoms with E-state index in [-0.39, 0.29) is 31.4 Å². The molecule has 0 saturated carbocycles. The van der Waals surface area contributed by atoms with Crippen molar-refractivity contribution < 1.29 is 23.5 Å². The molecule has 4 aromatic rings. The number of hydrogen-bond acceptors (Lipinski definition) is 5. The van der Waals surface area contributed by atoms with Gasteiger partial charge in [0.15, 0.2) is 0 Å². The van der Waals surface area contributed by atoms with E-state index < -0.39 is 11.9 Å². The van der Waals surface area contributed by atoms with Gasteiger partial charge in [-0.05, 0) is 66.2 Å². The van der Waals surface area contributed by atoms with Crippen LogP contribution < -0.4 is 15.4 Å². The molecule has 0 radical (unpaired) electrons. The first-order valence-electron chi connectivity index (χ1n) is 11.4. The maximum atomic E-state index is 13.1. The van der Waals surface area contributed by atoms with Crippen LogP contribution in [0.4, 0.5) is 10.1 Å². The molecule has 0 aliphatic rings. The summed E-state index contributed by atoms with van der Waals surface area (Å²) >= 11 is 3.39. The average molecular weight is 567 g/mol. The minimum absolute atomic E-state index is 0.0316. The number of H-pyrrole nitrogens is 1. The summed E-state index contributed by atoms with van der Waals surface area (Å²) in [4.78, 5) is 32.3. The lowest BCUT2D eigenvalue weighted by Gasteiger charge is -2.19. The van der Waals surface area contributed by atoms with E-state index in [2.05, 4.69) is 36.5 Å². The molecule has 0 bridgehead atoms. The third-order valence-electron chi connectivity index (χ3n) is 5.20. The van der Waals surface area contributed by atoms with Crippen LogP contribution >= 0.6 is 15.9 Å². The van der Waals surface area contributed by atoms with Gasteiger partial charge in [0.1, 0.15) is 23.4 Å². The number of carbonyl (C=O) groups is 2. The van der Waals surface area contributed by atoms with E-state index in [1.165, 1.54) is 24.7 Å². The second-order valence-corrected chi connectivity index (χ2v) is 9.00. The Hall–Kier alpha value is -4.02. The van der Waals surface area contributed by atoms with Gasteiger partial charge in [-0.15, -0.1) is 0 Å². The SMILES string of the molecule is O=C(Cc1cnc[nH]1)NC(COCc1ccc(F)cc1)C(=O)Nc1ccc(Oc2ccc(Br)cc2)cc1. The Kier molecular flexibility index (Phi) is 9.01. The van der Waals surface area contributed by atoms with Crippen molar-refractivity contribution in [2.45, 2.75) is 19.1 Å². The summed E-state index contributed by atoms with van der Waals surface area (Å²) < 4.78 is 25.6. The zero-order valence-electron chi connectivity index (χ0n) is 19.6. The molecule has 8 nitrogen and oxygen atoms in total. The lowest BCUT2D eigenvalue weighted by Crippen LogP contribution is -2.47. The third kappa shape index (κ3) is 8.26. The molecule has 190 valence electrons. The molecule has 1 heterocycles. The van der Waals surface area contributed by atoms with Crippen molar-refractivity contribution in [1.82, 2.24) is 15.3 Å². The van der Waals surface area contributed by atoms with E-state index in [9.17, 15) is 14.0 Å². The lowest BCUT2D eigenvalue weighted by atomic mass is 10.2. The number of halogens is 2. The predicted molar refractivity (Wildman–Crippen MR) is 140 cm³/mol. The number of ether oxygens (including phenoxy) is 2. The van der Waals surface area contributed by atoms with Gasteiger partial charge in [-0.1, -0.05) is 28.1 Å². The second kappa shape index (κ2) is 12.8. The molecule has 0 aliphatic heterocycles. The highest BCUT2D eigenvalue weighted by Crippen LogP contribution is 2.24. The fourth-order valence-corrected chi connectivity index (χ4v) is 3.60. The monoisotopic (exact) mass is 566 g/mol. The summed E-state index contributed by atoms with van der Waals surface area (Å²) in [6.45, 7) is 0.0747. The maximum absolute atomic E-state index is 13.1. The van der Waals surface area contributed by atoms with Crippen LogP contribution in [0.5, 0.6) is 11.5 Å². The molecular weight excluding hydrogens is 543 g/mol. The normalized spacial score (nSPS) is 11.5. The van der Waals surface area contributed by atoms with E-state index >= 15 is 0 Å². The fourth-order valence-electron chi connectivity index (χ4n) is 3.33. The van der Waals surface area contributed by atoms with Crippen LogP contribution in [0.3, 0.4) is 0 Å². The molecule has 10 heteroatoms. The quantitative estimate of drug-likeness (QED) is 0.237. The molecule has 0 saturated heterocycles. The number of amides is 2. The molecule has 2 amide bonds. The summed E-state index contributed by atoms with van der Waals surface area (Å²) in [5, 5.41) is 5.50. The Morgan fingerprint density at radius 2 is 1.65 bits per heavy atom. The van der Waals surface area contributed by atoms with Crippen LogP contribution in [0.2, 0.25) is 0 Å². The minimum Gasteiger partial charge on any atom is -0.457 e. The number of nitrogens with one attached hydrogen (secondary N) is 3. The van der Waals surface area contributed by atoms with Gasteiger partial charge in [-0.2, -0.15) is 0 Å². The number of benzene rings is 3. The smallest absolute Gasteiger partial charge is 0.249 e. The van der Waals surface area contributed by atoms with Crippen LogP contribution in [0, 0.1) is 5.82 Å². The number of hydrogen-bond donors (Lipinski definition) is 3. The molecule has 1 unspecified atom stereocenters. The van der Waals surface area contributed by atoms with Gasteiger partial charge in [0.05, 0.1) is 26.0 Å². The number of carbonyl (C=O) groups excluding carboxylic acids is 2. The zero-order valence-corrected chi connectivity index (χ0v) is 21.2. The summed E-state index contributed by atoms with van der Waals surface area (Å²) in [6, 6.07) is 19.2. The molecule has 0 spiro atoms. The topological polar surface area (TPSA) is 105 Å². The van der Waals surface area contributed by atoms with E-state index in [0.717, 1.165) is 10.0 Å². The highest BCUT2D eigenvalue weighted by Gasteiger charge is 2.22. The van der Waals surface area contributed by atoms with Gasteiger partial charge in [0, 0.05) is 22.1 Å². The number of imidazole rings is 1. The van der Waals surface area contributed by atoms with Gasteiger partial charge in [0.2, 0.25) is 11.8 Å². The Morgan fingerprint density at radius 3 is 2.30 bits per heavy atom. The van der Waals surface area contributed by atoms with Crippen LogP contribution in [-0.2, 0) is 27.4 Å². The fraction of sp³-hybridized carbons (Fsp3) is 0.148. The number of aromatic amines is 1. The molecule has 37 heavy (non-hydrogen) atoms. The van der Waals surface area contributed by atoms with Gasteiger partial charge in [-0.25, -0.2) is 9.37 Å². The van der Waals surface area contributed by atoms with Crippen LogP contribution in [0.1, 0.15) is 11.3 Å². The molecule has 4 rings (SSSR count). The number of anilines is 1. The van der Waals surface area contributed by atoms with Gasteiger partial charge in [0.25, 0.3) is 0 Å². The van der Waals surface area contributed by atoms with E-state index in [4.69, 9.17) is 9.47 Å². The number of rotatable bonds is 11. The highest BCUT2D eigenvalue weighted by atomic mass is 79.9. The number of aromatic nitrogens is 2. The minimum atomic E-state index is -0.963. The molecule has 3 N–H and O–H groups in total. The van der Waals surface area contributed by atoms with Gasteiger partial charge >= 0.3 is 0 Å². The Morgan fingerprint density at radius 1 is 0.973 bits per heavy atom. The van der Waals surface area contributed by atoms with Crippen LogP contribution in [0.15, 0.2) is 89.8 Å². The maximum Gasteiger partial charge on any atom is 0.249 e. The van der Waals surface area contributed by atoms with Crippen molar-refractivity contribution in [3.63, 3.8) is 0 Å². The van der Waals surface area contributed by atoms with Crippen LogP contribution in [-0.4, -0.2) is 34.4 Å². The molecule has 1 aromatic heterocycles. The van der Waals surface area contributed by atoms with Crippen molar-refractivity contribution in [2.24, 2.45) is 0 Å². The zero-order chi connectivity index (χ0) is 26.0. The van der Waals surface area contributed by atoms with Crippen molar-refractivity contribution in [1.29, 1.82) is 0 Å². The Labute approximate surface area is 221 Å². The summed E-state index contributed by atoms with van der Waals surface area (Å²) in [6.07, 6.45) is 3.05. The standard InChI is InChI=1S/C27H24BrFN4O4/c28-19-3-9-23(10-4-19)37-24-11-7-21(8-12-24)32-27(35)25(33-26(34)13-22-14-30-17-31-22)16-36-15-18-1-5-20(29)6-2-18/h1-12,14,17,25H,13,15-16H2,(H,30,31)(H,32,35)(H,33,34). The molecular formula is C27H24BrFN4O4. The lowest BCUT2D eigenvalue weighted by molar-refractivity contribution is -0.127.